The first-order valence-corrected chi connectivity index (χ1v) is 6.25. The predicted molar refractivity (Wildman–Crippen MR) is 74.5 cm³/mol. The van der Waals surface area contributed by atoms with Crippen LogP contribution in [0.2, 0.25) is 0 Å². The second-order valence-corrected chi connectivity index (χ2v) is 4.20. The van der Waals surface area contributed by atoms with E-state index in [4.69, 9.17) is 15.2 Å². The molecule has 0 saturated heterocycles. The molecule has 0 bridgehead atoms. The fraction of sp³-hybridized carbons (Fsp3) is 0.357. The number of ether oxygens (including phenoxy) is 2. The van der Waals surface area contributed by atoms with Gasteiger partial charge in [-0.25, -0.2) is 4.98 Å². The van der Waals surface area contributed by atoms with E-state index in [0.29, 0.717) is 6.54 Å². The van der Waals surface area contributed by atoms with Crippen molar-refractivity contribution in [1.82, 2.24) is 9.97 Å². The number of nitrogens with zero attached hydrogens (tertiary/aromatic N) is 1. The Hall–Kier alpha value is -2.01. The first-order valence-electron chi connectivity index (χ1n) is 6.25. The van der Waals surface area contributed by atoms with Gasteiger partial charge in [0, 0.05) is 12.0 Å². The molecule has 1 heterocycles. The number of aryl methyl sites for hydroxylation is 1. The summed E-state index contributed by atoms with van der Waals surface area (Å²) in [5, 5.41) is 0. The molecule has 0 atom stereocenters. The van der Waals surface area contributed by atoms with Gasteiger partial charge >= 0.3 is 0 Å². The van der Waals surface area contributed by atoms with Crippen LogP contribution in [0.15, 0.2) is 24.4 Å². The zero-order chi connectivity index (χ0) is 13.7. The van der Waals surface area contributed by atoms with Crippen molar-refractivity contribution >= 4 is 0 Å². The smallest absolute Gasteiger partial charge is 0.128 e. The Balaban J connectivity index is 2.31. The number of hydrogen-bond donors (Lipinski definition) is 2. The van der Waals surface area contributed by atoms with Crippen LogP contribution in [0, 0.1) is 0 Å². The molecular weight excluding hydrogens is 242 g/mol. The van der Waals surface area contributed by atoms with Crippen molar-refractivity contribution in [2.75, 3.05) is 20.8 Å². The van der Waals surface area contributed by atoms with Gasteiger partial charge in [0.2, 0.25) is 0 Å². The molecule has 0 aliphatic carbocycles. The van der Waals surface area contributed by atoms with E-state index in [1.165, 1.54) is 0 Å². The lowest BCUT2D eigenvalue weighted by atomic mass is 10.1. The van der Waals surface area contributed by atoms with Crippen LogP contribution in [0.25, 0.3) is 11.3 Å². The summed E-state index contributed by atoms with van der Waals surface area (Å²) in [6.07, 6.45) is 3.58. The van der Waals surface area contributed by atoms with Crippen LogP contribution in [0.3, 0.4) is 0 Å². The minimum Gasteiger partial charge on any atom is -0.497 e. The van der Waals surface area contributed by atoms with E-state index in [9.17, 15) is 0 Å². The third-order valence-corrected chi connectivity index (χ3v) is 2.94. The number of H-pyrrole nitrogens is 1. The predicted octanol–water partition coefficient (Wildman–Crippen LogP) is 1.99. The SMILES string of the molecule is COc1ccc(OC)c(-c2cnc(CCCN)[nH]2)c1. The Bertz CT molecular complexity index is 537. The van der Waals surface area contributed by atoms with Crippen LogP contribution >= 0.6 is 0 Å². The van der Waals surface area contributed by atoms with Gasteiger partial charge in [-0.05, 0) is 31.2 Å². The number of aromatic nitrogens is 2. The summed E-state index contributed by atoms with van der Waals surface area (Å²) < 4.78 is 10.6. The highest BCUT2D eigenvalue weighted by atomic mass is 16.5. The molecule has 0 fully saturated rings. The molecule has 0 unspecified atom stereocenters. The average Bonchev–Trinajstić information content (AvgIpc) is 2.93. The van der Waals surface area contributed by atoms with Gasteiger partial charge in [0.05, 0.1) is 26.1 Å². The van der Waals surface area contributed by atoms with Crippen LogP contribution < -0.4 is 15.2 Å². The first kappa shape index (κ1) is 13.4. The Kier molecular flexibility index (Phi) is 4.41. The van der Waals surface area contributed by atoms with E-state index in [0.717, 1.165) is 41.4 Å². The summed E-state index contributed by atoms with van der Waals surface area (Å²) in [4.78, 5) is 7.64. The fourth-order valence-corrected chi connectivity index (χ4v) is 1.92. The van der Waals surface area contributed by atoms with Gasteiger partial charge in [0.15, 0.2) is 0 Å². The third kappa shape index (κ3) is 3.06. The van der Waals surface area contributed by atoms with E-state index in [1.54, 1.807) is 14.2 Å². The highest BCUT2D eigenvalue weighted by molar-refractivity contribution is 5.68. The average molecular weight is 261 g/mol. The molecule has 0 aliphatic heterocycles. The highest BCUT2D eigenvalue weighted by Crippen LogP contribution is 2.32. The zero-order valence-corrected chi connectivity index (χ0v) is 11.3. The lowest BCUT2D eigenvalue weighted by Crippen LogP contribution is -2.01. The number of benzene rings is 1. The number of methoxy groups -OCH3 is 2. The summed E-state index contributed by atoms with van der Waals surface area (Å²) in [6, 6.07) is 5.68. The summed E-state index contributed by atoms with van der Waals surface area (Å²) in [5.41, 5.74) is 7.36. The molecule has 0 amide bonds. The Morgan fingerprint density at radius 3 is 2.79 bits per heavy atom. The standard InChI is InChI=1S/C14H19N3O2/c1-18-10-5-6-13(19-2)11(8-10)12-9-16-14(17-12)4-3-7-15/h5-6,8-9H,3-4,7,15H2,1-2H3,(H,16,17). The minimum absolute atomic E-state index is 0.665. The maximum atomic E-state index is 5.50. The normalized spacial score (nSPS) is 10.5. The Morgan fingerprint density at radius 2 is 2.11 bits per heavy atom. The van der Waals surface area contributed by atoms with Crippen LogP contribution in [0.1, 0.15) is 12.2 Å². The van der Waals surface area contributed by atoms with Crippen LogP contribution in [0.5, 0.6) is 11.5 Å². The first-order chi connectivity index (χ1) is 9.28. The van der Waals surface area contributed by atoms with Gasteiger partial charge < -0.3 is 20.2 Å². The molecule has 2 aromatic rings. The van der Waals surface area contributed by atoms with Crippen molar-refractivity contribution in [1.29, 1.82) is 0 Å². The van der Waals surface area contributed by atoms with E-state index in [-0.39, 0.29) is 0 Å². The van der Waals surface area contributed by atoms with E-state index in [1.807, 2.05) is 24.4 Å². The number of aromatic amines is 1. The molecule has 3 N–H and O–H groups in total. The number of nitrogens with two attached hydrogens (primary N) is 1. The molecule has 1 aromatic heterocycles. The van der Waals surface area contributed by atoms with Gasteiger partial charge in [0.25, 0.3) is 0 Å². The molecule has 2 rings (SSSR count). The van der Waals surface area contributed by atoms with Crippen molar-refractivity contribution < 1.29 is 9.47 Å². The number of imidazole rings is 1. The van der Waals surface area contributed by atoms with Crippen molar-refractivity contribution in [3.8, 4) is 22.8 Å². The molecule has 5 heteroatoms. The van der Waals surface area contributed by atoms with Crippen molar-refractivity contribution in [2.24, 2.45) is 5.73 Å². The molecule has 0 aliphatic rings. The van der Waals surface area contributed by atoms with E-state index in [2.05, 4.69) is 9.97 Å². The molecule has 102 valence electrons. The maximum absolute atomic E-state index is 5.50. The summed E-state index contributed by atoms with van der Waals surface area (Å²) in [5.74, 6) is 2.51. The Labute approximate surface area is 112 Å². The van der Waals surface area contributed by atoms with Crippen LogP contribution in [-0.4, -0.2) is 30.7 Å². The highest BCUT2D eigenvalue weighted by Gasteiger charge is 2.10. The molecule has 1 aromatic carbocycles. The minimum atomic E-state index is 0.665. The second-order valence-electron chi connectivity index (χ2n) is 4.20. The van der Waals surface area contributed by atoms with Gasteiger partial charge in [0.1, 0.15) is 17.3 Å². The topological polar surface area (TPSA) is 73.2 Å². The van der Waals surface area contributed by atoms with Crippen molar-refractivity contribution in [3.05, 3.63) is 30.2 Å². The van der Waals surface area contributed by atoms with Gasteiger partial charge in [-0.1, -0.05) is 0 Å². The lowest BCUT2D eigenvalue weighted by Gasteiger charge is -2.08. The van der Waals surface area contributed by atoms with E-state index < -0.39 is 0 Å². The summed E-state index contributed by atoms with van der Waals surface area (Å²) >= 11 is 0. The van der Waals surface area contributed by atoms with Crippen LogP contribution in [-0.2, 0) is 6.42 Å². The lowest BCUT2D eigenvalue weighted by molar-refractivity contribution is 0.404. The monoisotopic (exact) mass is 261 g/mol. The summed E-state index contributed by atoms with van der Waals surface area (Å²) in [6.45, 7) is 0.665. The largest absolute Gasteiger partial charge is 0.497 e. The van der Waals surface area contributed by atoms with E-state index >= 15 is 0 Å². The van der Waals surface area contributed by atoms with Crippen molar-refractivity contribution in [3.63, 3.8) is 0 Å². The molecule has 19 heavy (non-hydrogen) atoms. The summed E-state index contributed by atoms with van der Waals surface area (Å²) in [7, 11) is 3.29. The van der Waals surface area contributed by atoms with Crippen LogP contribution in [0.4, 0.5) is 0 Å². The fourth-order valence-electron chi connectivity index (χ4n) is 1.92. The molecule has 5 nitrogen and oxygen atoms in total. The van der Waals surface area contributed by atoms with Gasteiger partial charge in [-0.15, -0.1) is 0 Å². The quantitative estimate of drug-likeness (QED) is 0.834. The van der Waals surface area contributed by atoms with Gasteiger partial charge in [-0.3, -0.25) is 0 Å². The maximum Gasteiger partial charge on any atom is 0.128 e. The third-order valence-electron chi connectivity index (χ3n) is 2.94. The number of hydrogen-bond acceptors (Lipinski definition) is 4. The Morgan fingerprint density at radius 1 is 1.26 bits per heavy atom. The molecular formula is C14H19N3O2. The number of rotatable bonds is 6. The van der Waals surface area contributed by atoms with Crippen molar-refractivity contribution in [2.45, 2.75) is 12.8 Å². The van der Waals surface area contributed by atoms with Gasteiger partial charge in [-0.2, -0.15) is 0 Å². The second kappa shape index (κ2) is 6.24. The molecule has 0 saturated carbocycles. The molecule has 0 radical (unpaired) electrons. The zero-order valence-electron chi connectivity index (χ0n) is 11.3. The number of nitrogens with one attached hydrogen (secondary N) is 1. The molecule has 0 spiro atoms.